The molecule has 4 N–H and O–H groups in total. The van der Waals surface area contributed by atoms with Crippen LogP contribution in [0.4, 0.5) is 0 Å². The first-order valence-electron chi connectivity index (χ1n) is 5.96. The topological polar surface area (TPSA) is 125 Å². The van der Waals surface area contributed by atoms with Gasteiger partial charge < -0.3 is 16.3 Å². The summed E-state index contributed by atoms with van der Waals surface area (Å²) in [6.45, 7) is 1.81. The number of rotatable bonds is 5. The number of nitrogens with one attached hydrogen (secondary N) is 1. The second-order valence-corrected chi connectivity index (χ2v) is 6.92. The zero-order valence-electron chi connectivity index (χ0n) is 10.9. The standard InChI is InChI=1S/C10H20N4O4S/c1-19(17,18)7-10(15)12-8-2-4-14(5-3-8)6-9(11)13-16/h8,16H,2-7H2,1H3,(H2,11,13)(H,12,15). The Morgan fingerprint density at radius 2 is 2.05 bits per heavy atom. The van der Waals surface area contributed by atoms with E-state index in [0.717, 1.165) is 6.26 Å². The monoisotopic (exact) mass is 292 g/mol. The fourth-order valence-electron chi connectivity index (χ4n) is 2.00. The third-order valence-corrected chi connectivity index (χ3v) is 3.65. The van der Waals surface area contributed by atoms with Crippen molar-refractivity contribution >= 4 is 21.6 Å². The number of amides is 1. The molecule has 9 heteroatoms. The van der Waals surface area contributed by atoms with Crippen molar-refractivity contribution in [1.82, 2.24) is 10.2 Å². The maximum atomic E-state index is 11.5. The van der Waals surface area contributed by atoms with E-state index in [-0.39, 0.29) is 11.9 Å². The molecule has 0 radical (unpaired) electrons. The van der Waals surface area contributed by atoms with Crippen LogP contribution in [0.5, 0.6) is 0 Å². The van der Waals surface area contributed by atoms with Gasteiger partial charge in [-0.25, -0.2) is 8.42 Å². The summed E-state index contributed by atoms with van der Waals surface area (Å²) >= 11 is 0. The van der Waals surface area contributed by atoms with Gasteiger partial charge in [0.15, 0.2) is 15.7 Å². The molecule has 1 amide bonds. The fraction of sp³-hybridized carbons (Fsp3) is 0.800. The van der Waals surface area contributed by atoms with Gasteiger partial charge in [-0.1, -0.05) is 5.16 Å². The molecule has 1 fully saturated rings. The SMILES string of the molecule is CS(=O)(=O)CC(=O)NC1CCN(CC(N)=NO)CC1. The number of oxime groups is 1. The van der Waals surface area contributed by atoms with Crippen LogP contribution in [-0.2, 0) is 14.6 Å². The van der Waals surface area contributed by atoms with Crippen LogP contribution in [0.25, 0.3) is 0 Å². The Morgan fingerprint density at radius 1 is 1.47 bits per heavy atom. The van der Waals surface area contributed by atoms with Crippen molar-refractivity contribution in [2.75, 3.05) is 31.6 Å². The lowest BCUT2D eigenvalue weighted by Crippen LogP contribution is -2.47. The van der Waals surface area contributed by atoms with Gasteiger partial charge in [0.1, 0.15) is 5.75 Å². The minimum Gasteiger partial charge on any atom is -0.409 e. The largest absolute Gasteiger partial charge is 0.409 e. The molecule has 0 aliphatic carbocycles. The van der Waals surface area contributed by atoms with Crippen LogP contribution in [0.1, 0.15) is 12.8 Å². The van der Waals surface area contributed by atoms with Crippen molar-refractivity contribution in [3.63, 3.8) is 0 Å². The zero-order chi connectivity index (χ0) is 14.5. The minimum absolute atomic E-state index is 0.0159. The highest BCUT2D eigenvalue weighted by molar-refractivity contribution is 7.91. The number of sulfone groups is 1. The molecule has 19 heavy (non-hydrogen) atoms. The maximum Gasteiger partial charge on any atom is 0.235 e. The van der Waals surface area contributed by atoms with Crippen LogP contribution in [-0.4, -0.2) is 68.0 Å². The molecule has 1 heterocycles. The van der Waals surface area contributed by atoms with Gasteiger partial charge in [-0.3, -0.25) is 9.69 Å². The molecule has 110 valence electrons. The van der Waals surface area contributed by atoms with Gasteiger partial charge in [-0.05, 0) is 12.8 Å². The molecule has 8 nitrogen and oxygen atoms in total. The average Bonchev–Trinajstić information content (AvgIpc) is 2.29. The Balaban J connectivity index is 2.32. The molecule has 0 aromatic heterocycles. The van der Waals surface area contributed by atoms with Crippen LogP contribution in [0.15, 0.2) is 5.16 Å². The fourth-order valence-corrected chi connectivity index (χ4v) is 2.56. The molecule has 0 unspecified atom stereocenters. The minimum atomic E-state index is -3.29. The summed E-state index contributed by atoms with van der Waals surface area (Å²) in [5.74, 6) is -0.783. The smallest absolute Gasteiger partial charge is 0.235 e. The number of nitrogens with zero attached hydrogens (tertiary/aromatic N) is 2. The van der Waals surface area contributed by atoms with E-state index in [0.29, 0.717) is 32.5 Å². The van der Waals surface area contributed by atoms with Gasteiger partial charge >= 0.3 is 0 Å². The summed E-state index contributed by atoms with van der Waals surface area (Å²) in [6.07, 6.45) is 2.47. The summed E-state index contributed by atoms with van der Waals surface area (Å²) in [4.78, 5) is 13.5. The Labute approximate surface area is 112 Å². The van der Waals surface area contributed by atoms with Crippen LogP contribution < -0.4 is 11.1 Å². The van der Waals surface area contributed by atoms with E-state index in [1.54, 1.807) is 0 Å². The molecule has 0 spiro atoms. The first-order valence-corrected chi connectivity index (χ1v) is 8.02. The predicted octanol–water partition coefficient (Wildman–Crippen LogP) is -1.64. The van der Waals surface area contributed by atoms with Crippen molar-refractivity contribution in [3.8, 4) is 0 Å². The Hall–Kier alpha value is -1.35. The molecular formula is C10H20N4O4S. The summed E-state index contributed by atoms with van der Waals surface area (Å²) in [5.41, 5.74) is 5.41. The van der Waals surface area contributed by atoms with E-state index in [4.69, 9.17) is 10.9 Å². The Bertz CT molecular complexity index is 440. The van der Waals surface area contributed by atoms with Crippen LogP contribution in [0, 0.1) is 0 Å². The Kier molecular flexibility index (Phi) is 5.55. The van der Waals surface area contributed by atoms with E-state index in [1.165, 1.54) is 0 Å². The molecule has 0 aromatic carbocycles. The van der Waals surface area contributed by atoms with E-state index >= 15 is 0 Å². The van der Waals surface area contributed by atoms with Crippen LogP contribution in [0.3, 0.4) is 0 Å². The summed E-state index contributed by atoms with van der Waals surface area (Å²) in [7, 11) is -3.29. The molecule has 0 atom stereocenters. The van der Waals surface area contributed by atoms with Crippen molar-refractivity contribution in [2.45, 2.75) is 18.9 Å². The van der Waals surface area contributed by atoms with E-state index in [2.05, 4.69) is 10.5 Å². The third kappa shape index (κ3) is 6.39. The molecule has 1 aliphatic heterocycles. The highest BCUT2D eigenvalue weighted by Gasteiger charge is 2.22. The third-order valence-electron chi connectivity index (χ3n) is 2.86. The molecule has 1 saturated heterocycles. The normalized spacial score (nSPS) is 19.3. The number of likely N-dealkylation sites (tertiary alicyclic amines) is 1. The highest BCUT2D eigenvalue weighted by Crippen LogP contribution is 2.09. The van der Waals surface area contributed by atoms with E-state index in [9.17, 15) is 13.2 Å². The number of carbonyl (C=O) groups is 1. The van der Waals surface area contributed by atoms with Crippen molar-refractivity contribution in [1.29, 1.82) is 0 Å². The van der Waals surface area contributed by atoms with Crippen LogP contribution in [0.2, 0.25) is 0 Å². The number of carbonyl (C=O) groups excluding carboxylic acids is 1. The lowest BCUT2D eigenvalue weighted by atomic mass is 10.1. The second-order valence-electron chi connectivity index (χ2n) is 4.78. The van der Waals surface area contributed by atoms with Crippen molar-refractivity contribution < 1.29 is 18.4 Å². The quantitative estimate of drug-likeness (QED) is 0.241. The van der Waals surface area contributed by atoms with E-state index in [1.807, 2.05) is 4.90 Å². The maximum absolute atomic E-state index is 11.5. The predicted molar refractivity (Wildman–Crippen MR) is 70.7 cm³/mol. The summed E-state index contributed by atoms with van der Waals surface area (Å²) in [5, 5.41) is 14.1. The molecule has 1 rings (SSSR count). The molecule has 0 bridgehead atoms. The summed E-state index contributed by atoms with van der Waals surface area (Å²) in [6, 6.07) is -0.0159. The number of amidine groups is 1. The lowest BCUT2D eigenvalue weighted by Gasteiger charge is -2.31. The molecular weight excluding hydrogens is 272 g/mol. The van der Waals surface area contributed by atoms with Crippen molar-refractivity contribution in [2.24, 2.45) is 10.9 Å². The number of hydrogen-bond acceptors (Lipinski definition) is 6. The lowest BCUT2D eigenvalue weighted by molar-refractivity contribution is -0.119. The average molecular weight is 292 g/mol. The van der Waals surface area contributed by atoms with Crippen LogP contribution >= 0.6 is 0 Å². The zero-order valence-corrected chi connectivity index (χ0v) is 11.7. The highest BCUT2D eigenvalue weighted by atomic mass is 32.2. The second kappa shape index (κ2) is 6.71. The first-order chi connectivity index (χ1) is 8.80. The molecule has 0 aromatic rings. The van der Waals surface area contributed by atoms with E-state index < -0.39 is 21.5 Å². The first kappa shape index (κ1) is 15.7. The number of hydrogen-bond donors (Lipinski definition) is 3. The van der Waals surface area contributed by atoms with Gasteiger partial charge in [0.2, 0.25) is 5.91 Å². The number of piperidine rings is 1. The molecule has 1 aliphatic rings. The van der Waals surface area contributed by atoms with Gasteiger partial charge in [0.05, 0.1) is 6.54 Å². The van der Waals surface area contributed by atoms with Crippen molar-refractivity contribution in [3.05, 3.63) is 0 Å². The van der Waals surface area contributed by atoms with Gasteiger partial charge in [-0.15, -0.1) is 0 Å². The number of nitrogens with two attached hydrogens (primary N) is 1. The molecule has 0 saturated carbocycles. The van der Waals surface area contributed by atoms with Gasteiger partial charge in [0.25, 0.3) is 0 Å². The Morgan fingerprint density at radius 3 is 2.53 bits per heavy atom. The van der Waals surface area contributed by atoms with Gasteiger partial charge in [0, 0.05) is 25.4 Å². The summed E-state index contributed by atoms with van der Waals surface area (Å²) < 4.78 is 21.9. The van der Waals surface area contributed by atoms with Gasteiger partial charge in [-0.2, -0.15) is 0 Å².